The molecule has 0 saturated carbocycles. The molecule has 0 radical (unpaired) electrons. The summed E-state index contributed by atoms with van der Waals surface area (Å²) in [4.78, 5) is 23.6. The number of hydrogen-bond donors (Lipinski definition) is 2. The quantitative estimate of drug-likeness (QED) is 0.804. The average Bonchev–Trinajstić information content (AvgIpc) is 2.36. The fourth-order valence-electron chi connectivity index (χ4n) is 1.57. The van der Waals surface area contributed by atoms with E-state index in [1.54, 1.807) is 18.2 Å². The first kappa shape index (κ1) is 12.0. The van der Waals surface area contributed by atoms with Gasteiger partial charge in [0, 0.05) is 10.6 Å². The molecule has 0 fully saturated rings. The standard InChI is InChI=1S/C12H13NO3S/c1-12(2)6-17-9-7(10(14)15)4-3-5-8(9)13-11(12)16/h3-5H,6H2,1-2H3,(H,13,16)(H,14,15). The maximum Gasteiger partial charge on any atom is 0.336 e. The zero-order valence-electron chi connectivity index (χ0n) is 9.61. The van der Waals surface area contributed by atoms with Gasteiger partial charge >= 0.3 is 5.97 Å². The third-order valence-corrected chi connectivity index (χ3v) is 4.28. The van der Waals surface area contributed by atoms with Gasteiger partial charge in [0.15, 0.2) is 0 Å². The number of carboxylic acid groups (broad SMARTS) is 1. The van der Waals surface area contributed by atoms with Gasteiger partial charge in [-0.15, -0.1) is 11.8 Å². The molecule has 2 N–H and O–H groups in total. The summed E-state index contributed by atoms with van der Waals surface area (Å²) in [5.74, 6) is -0.481. The number of carbonyl (C=O) groups is 2. The highest BCUT2D eigenvalue weighted by Crippen LogP contribution is 2.39. The molecule has 90 valence electrons. The number of hydrogen-bond acceptors (Lipinski definition) is 3. The number of benzene rings is 1. The van der Waals surface area contributed by atoms with Crippen LogP contribution >= 0.6 is 11.8 Å². The van der Waals surface area contributed by atoms with E-state index in [1.807, 2.05) is 13.8 Å². The first-order chi connectivity index (χ1) is 7.92. The summed E-state index contributed by atoms with van der Waals surface area (Å²) < 4.78 is 0. The molecule has 2 rings (SSSR count). The summed E-state index contributed by atoms with van der Waals surface area (Å²) in [5, 5.41) is 11.9. The van der Waals surface area contributed by atoms with Crippen LogP contribution < -0.4 is 5.32 Å². The van der Waals surface area contributed by atoms with Gasteiger partial charge in [-0.05, 0) is 12.1 Å². The van der Waals surface area contributed by atoms with E-state index in [1.165, 1.54) is 11.8 Å². The highest BCUT2D eigenvalue weighted by Gasteiger charge is 2.32. The summed E-state index contributed by atoms with van der Waals surface area (Å²) in [5.41, 5.74) is 0.329. The summed E-state index contributed by atoms with van der Waals surface area (Å²) in [7, 11) is 0. The van der Waals surface area contributed by atoms with E-state index in [0.717, 1.165) is 0 Å². The summed E-state index contributed by atoms with van der Waals surface area (Å²) in [6.45, 7) is 3.70. The van der Waals surface area contributed by atoms with Crippen molar-refractivity contribution in [2.24, 2.45) is 5.41 Å². The molecule has 17 heavy (non-hydrogen) atoms. The smallest absolute Gasteiger partial charge is 0.336 e. The second kappa shape index (κ2) is 4.07. The van der Waals surface area contributed by atoms with Crippen LogP contribution in [0.1, 0.15) is 24.2 Å². The first-order valence-corrected chi connectivity index (χ1v) is 6.21. The number of amides is 1. The molecule has 1 amide bonds. The Bertz CT molecular complexity index is 497. The molecule has 1 aliphatic rings. The topological polar surface area (TPSA) is 66.4 Å². The number of fused-ring (bicyclic) bond motifs is 1. The molecule has 0 aliphatic carbocycles. The summed E-state index contributed by atoms with van der Waals surface area (Å²) >= 11 is 1.41. The number of anilines is 1. The number of carbonyl (C=O) groups excluding carboxylic acids is 1. The van der Waals surface area contributed by atoms with Crippen molar-refractivity contribution in [1.29, 1.82) is 0 Å². The molecule has 1 aromatic carbocycles. The van der Waals surface area contributed by atoms with E-state index in [9.17, 15) is 9.59 Å². The SMILES string of the molecule is CC1(C)CSc2c(cccc2C(=O)O)NC1=O. The summed E-state index contributed by atoms with van der Waals surface area (Å²) in [6.07, 6.45) is 0. The number of nitrogens with one attached hydrogen (secondary N) is 1. The van der Waals surface area contributed by atoms with E-state index in [0.29, 0.717) is 16.3 Å². The maximum absolute atomic E-state index is 11.9. The second-order valence-electron chi connectivity index (χ2n) is 4.61. The van der Waals surface area contributed by atoms with Crippen molar-refractivity contribution in [2.75, 3.05) is 11.1 Å². The maximum atomic E-state index is 11.9. The highest BCUT2D eigenvalue weighted by molar-refractivity contribution is 7.99. The lowest BCUT2D eigenvalue weighted by Crippen LogP contribution is -2.31. The molecular formula is C12H13NO3S. The minimum absolute atomic E-state index is 0.0775. The number of carboxylic acids is 1. The molecule has 1 heterocycles. The third-order valence-electron chi connectivity index (χ3n) is 2.69. The Morgan fingerprint density at radius 1 is 1.47 bits per heavy atom. The van der Waals surface area contributed by atoms with Crippen molar-refractivity contribution in [1.82, 2.24) is 0 Å². The van der Waals surface area contributed by atoms with Crippen molar-refractivity contribution < 1.29 is 14.7 Å². The van der Waals surface area contributed by atoms with Gasteiger partial charge in [0.2, 0.25) is 5.91 Å². The van der Waals surface area contributed by atoms with Crippen molar-refractivity contribution in [3.8, 4) is 0 Å². The molecule has 1 aromatic rings. The van der Waals surface area contributed by atoms with Crippen LogP contribution in [0.25, 0.3) is 0 Å². The Morgan fingerprint density at radius 2 is 2.18 bits per heavy atom. The van der Waals surface area contributed by atoms with Crippen LogP contribution in [0.15, 0.2) is 23.1 Å². The van der Waals surface area contributed by atoms with Crippen LogP contribution in [-0.2, 0) is 4.79 Å². The molecule has 0 bridgehead atoms. The molecule has 0 atom stereocenters. The summed E-state index contributed by atoms with van der Waals surface area (Å²) in [6, 6.07) is 4.92. The lowest BCUT2D eigenvalue weighted by molar-refractivity contribution is -0.122. The second-order valence-corrected chi connectivity index (χ2v) is 5.60. The van der Waals surface area contributed by atoms with Gasteiger partial charge < -0.3 is 10.4 Å². The largest absolute Gasteiger partial charge is 0.478 e. The minimum atomic E-state index is -0.969. The van der Waals surface area contributed by atoms with Crippen LogP contribution in [0.2, 0.25) is 0 Å². The van der Waals surface area contributed by atoms with Gasteiger partial charge in [-0.3, -0.25) is 4.79 Å². The van der Waals surface area contributed by atoms with Crippen LogP contribution in [0.5, 0.6) is 0 Å². The van der Waals surface area contributed by atoms with Crippen LogP contribution in [-0.4, -0.2) is 22.7 Å². The molecular weight excluding hydrogens is 238 g/mol. The molecule has 0 aromatic heterocycles. The van der Waals surface area contributed by atoms with Gasteiger partial charge in [0.1, 0.15) is 0 Å². The molecule has 5 heteroatoms. The van der Waals surface area contributed by atoms with Crippen LogP contribution in [0.3, 0.4) is 0 Å². The average molecular weight is 251 g/mol. The lowest BCUT2D eigenvalue weighted by Gasteiger charge is -2.18. The van der Waals surface area contributed by atoms with Gasteiger partial charge in [-0.2, -0.15) is 0 Å². The monoisotopic (exact) mass is 251 g/mol. The van der Waals surface area contributed by atoms with Gasteiger partial charge in [0.25, 0.3) is 0 Å². The van der Waals surface area contributed by atoms with E-state index >= 15 is 0 Å². The van der Waals surface area contributed by atoms with Crippen molar-refractivity contribution in [3.63, 3.8) is 0 Å². The Hall–Kier alpha value is -1.49. The third kappa shape index (κ3) is 2.15. The van der Waals surface area contributed by atoms with Gasteiger partial charge in [-0.1, -0.05) is 19.9 Å². The molecule has 1 aliphatic heterocycles. The van der Waals surface area contributed by atoms with Gasteiger partial charge in [0.05, 0.1) is 16.7 Å². The van der Waals surface area contributed by atoms with Crippen molar-refractivity contribution in [3.05, 3.63) is 23.8 Å². The van der Waals surface area contributed by atoms with Crippen LogP contribution in [0.4, 0.5) is 5.69 Å². The van der Waals surface area contributed by atoms with Crippen molar-refractivity contribution in [2.45, 2.75) is 18.7 Å². The fraction of sp³-hybridized carbons (Fsp3) is 0.333. The predicted octanol–water partition coefficient (Wildman–Crippen LogP) is 2.46. The Kier molecular flexibility index (Phi) is 2.87. The van der Waals surface area contributed by atoms with E-state index in [-0.39, 0.29) is 11.5 Å². The minimum Gasteiger partial charge on any atom is -0.478 e. The molecule has 0 unspecified atom stereocenters. The fourth-order valence-corrected chi connectivity index (χ4v) is 2.79. The van der Waals surface area contributed by atoms with E-state index < -0.39 is 11.4 Å². The zero-order chi connectivity index (χ0) is 12.6. The normalized spacial score (nSPS) is 17.9. The van der Waals surface area contributed by atoms with E-state index in [4.69, 9.17) is 5.11 Å². The number of thioether (sulfide) groups is 1. The molecule has 0 spiro atoms. The molecule has 4 nitrogen and oxygen atoms in total. The Morgan fingerprint density at radius 3 is 2.82 bits per heavy atom. The zero-order valence-corrected chi connectivity index (χ0v) is 10.4. The lowest BCUT2D eigenvalue weighted by atomic mass is 9.95. The molecule has 0 saturated heterocycles. The van der Waals surface area contributed by atoms with E-state index in [2.05, 4.69) is 5.32 Å². The van der Waals surface area contributed by atoms with Gasteiger partial charge in [-0.25, -0.2) is 4.79 Å². The number of rotatable bonds is 1. The van der Waals surface area contributed by atoms with Crippen LogP contribution in [0, 0.1) is 5.41 Å². The Labute approximate surface area is 103 Å². The number of aromatic carboxylic acids is 1. The Balaban J connectivity index is 2.50. The highest BCUT2D eigenvalue weighted by atomic mass is 32.2. The first-order valence-electron chi connectivity index (χ1n) is 5.22. The predicted molar refractivity (Wildman–Crippen MR) is 66.5 cm³/mol. The van der Waals surface area contributed by atoms with Crippen molar-refractivity contribution >= 4 is 29.3 Å².